The SMILES string of the molecule is CN=C=O.Cc1ccccc1C. The molecule has 0 amide bonds. The van der Waals surface area contributed by atoms with E-state index in [4.69, 9.17) is 4.79 Å². The van der Waals surface area contributed by atoms with Crippen LogP contribution < -0.4 is 0 Å². The van der Waals surface area contributed by atoms with Gasteiger partial charge in [-0.2, -0.15) is 0 Å². The van der Waals surface area contributed by atoms with Crippen molar-refractivity contribution in [3.8, 4) is 0 Å². The number of aryl methyl sites for hydroxylation is 2. The Labute approximate surface area is 73.0 Å². The van der Waals surface area contributed by atoms with Crippen LogP contribution in [-0.4, -0.2) is 13.1 Å². The molecule has 2 nitrogen and oxygen atoms in total. The average Bonchev–Trinajstić information content (AvgIpc) is 2.11. The van der Waals surface area contributed by atoms with E-state index < -0.39 is 0 Å². The summed E-state index contributed by atoms with van der Waals surface area (Å²) in [5.41, 5.74) is 2.74. The van der Waals surface area contributed by atoms with Crippen LogP contribution in [0.3, 0.4) is 0 Å². The summed E-state index contributed by atoms with van der Waals surface area (Å²) in [6, 6.07) is 8.36. The Hall–Kier alpha value is -1.40. The molecule has 64 valence electrons. The number of rotatable bonds is 0. The number of nitrogens with zero attached hydrogens (tertiary/aromatic N) is 1. The lowest BCUT2D eigenvalue weighted by Gasteiger charge is -1.93. The summed E-state index contributed by atoms with van der Waals surface area (Å²) >= 11 is 0. The van der Waals surface area contributed by atoms with Crippen molar-refractivity contribution in [3.63, 3.8) is 0 Å². The van der Waals surface area contributed by atoms with E-state index in [1.165, 1.54) is 24.3 Å². The summed E-state index contributed by atoms with van der Waals surface area (Å²) < 4.78 is 0. The van der Waals surface area contributed by atoms with E-state index in [0.29, 0.717) is 0 Å². The monoisotopic (exact) mass is 163 g/mol. The van der Waals surface area contributed by atoms with Crippen molar-refractivity contribution in [1.29, 1.82) is 0 Å². The van der Waals surface area contributed by atoms with Gasteiger partial charge in [0.1, 0.15) is 0 Å². The quantitative estimate of drug-likeness (QED) is 0.426. The van der Waals surface area contributed by atoms with Crippen LogP contribution in [0.2, 0.25) is 0 Å². The Bertz CT molecular complexity index is 254. The minimum Gasteiger partial charge on any atom is -0.211 e. The van der Waals surface area contributed by atoms with E-state index >= 15 is 0 Å². The van der Waals surface area contributed by atoms with Gasteiger partial charge in [0.2, 0.25) is 6.08 Å². The Kier molecular flexibility index (Phi) is 5.58. The Morgan fingerprint density at radius 3 is 1.67 bits per heavy atom. The zero-order chi connectivity index (χ0) is 9.40. The summed E-state index contributed by atoms with van der Waals surface area (Å²) in [7, 11) is 1.38. The first-order valence-corrected chi connectivity index (χ1v) is 3.70. The van der Waals surface area contributed by atoms with Crippen molar-refractivity contribution in [1.82, 2.24) is 0 Å². The standard InChI is InChI=1S/C8H10.C2H3NO/c1-7-5-3-4-6-8(7)2;1-3-2-4/h3-6H,1-2H3;1H3. The van der Waals surface area contributed by atoms with E-state index in [1.807, 2.05) is 0 Å². The number of hydrogen-bond acceptors (Lipinski definition) is 2. The lowest BCUT2D eigenvalue weighted by molar-refractivity contribution is 0.564. The van der Waals surface area contributed by atoms with E-state index in [0.717, 1.165) is 0 Å². The molecule has 0 N–H and O–H groups in total. The van der Waals surface area contributed by atoms with Gasteiger partial charge < -0.3 is 0 Å². The fourth-order valence-corrected chi connectivity index (χ4v) is 0.663. The summed E-state index contributed by atoms with van der Waals surface area (Å²) in [6.07, 6.45) is 1.31. The average molecular weight is 163 g/mol. The van der Waals surface area contributed by atoms with Crippen molar-refractivity contribution in [2.45, 2.75) is 13.8 Å². The van der Waals surface area contributed by atoms with Crippen molar-refractivity contribution in [2.24, 2.45) is 4.99 Å². The molecule has 0 spiro atoms. The first-order chi connectivity index (χ1) is 5.72. The maximum Gasteiger partial charge on any atom is 0.234 e. The number of hydrogen-bond donors (Lipinski definition) is 0. The van der Waals surface area contributed by atoms with Gasteiger partial charge >= 0.3 is 0 Å². The molecule has 0 aromatic heterocycles. The van der Waals surface area contributed by atoms with Crippen LogP contribution in [0.1, 0.15) is 11.1 Å². The van der Waals surface area contributed by atoms with Crippen molar-refractivity contribution >= 4 is 6.08 Å². The smallest absolute Gasteiger partial charge is 0.211 e. The summed E-state index contributed by atoms with van der Waals surface area (Å²) in [4.78, 5) is 11.8. The first-order valence-electron chi connectivity index (χ1n) is 3.70. The first kappa shape index (κ1) is 10.6. The number of aliphatic imine (C=N–C) groups is 1. The second-order valence-electron chi connectivity index (χ2n) is 2.40. The van der Waals surface area contributed by atoms with Gasteiger partial charge in [-0.1, -0.05) is 24.3 Å². The number of isocyanates is 1. The summed E-state index contributed by atoms with van der Waals surface area (Å²) in [6.45, 7) is 4.24. The highest BCUT2D eigenvalue weighted by atomic mass is 16.1. The summed E-state index contributed by atoms with van der Waals surface area (Å²) in [5, 5.41) is 0. The fourth-order valence-electron chi connectivity index (χ4n) is 0.663. The van der Waals surface area contributed by atoms with Crippen LogP contribution in [-0.2, 0) is 4.79 Å². The third-order valence-electron chi connectivity index (χ3n) is 1.52. The maximum absolute atomic E-state index is 8.88. The third-order valence-corrected chi connectivity index (χ3v) is 1.52. The van der Waals surface area contributed by atoms with Gasteiger partial charge in [0, 0.05) is 7.05 Å². The zero-order valence-corrected chi connectivity index (χ0v) is 7.66. The van der Waals surface area contributed by atoms with Gasteiger partial charge in [-0.05, 0) is 25.0 Å². The van der Waals surface area contributed by atoms with E-state index in [2.05, 4.69) is 43.1 Å². The highest BCUT2D eigenvalue weighted by Gasteiger charge is 1.83. The molecule has 0 bridgehead atoms. The largest absolute Gasteiger partial charge is 0.234 e. The predicted octanol–water partition coefficient (Wildman–Crippen LogP) is 2.26. The minimum atomic E-state index is 1.31. The Morgan fingerprint density at radius 2 is 1.50 bits per heavy atom. The molecule has 0 heterocycles. The van der Waals surface area contributed by atoms with Crippen LogP contribution in [0.25, 0.3) is 0 Å². The molecule has 1 aromatic carbocycles. The topological polar surface area (TPSA) is 29.4 Å². The van der Waals surface area contributed by atoms with Crippen molar-refractivity contribution < 1.29 is 4.79 Å². The molecule has 1 aromatic rings. The molecule has 0 aliphatic heterocycles. The maximum atomic E-state index is 8.88. The van der Waals surface area contributed by atoms with Gasteiger partial charge in [0.25, 0.3) is 0 Å². The molecule has 0 atom stereocenters. The predicted molar refractivity (Wildman–Crippen MR) is 50.0 cm³/mol. The number of carbonyl (C=O) groups excluding carboxylic acids is 1. The van der Waals surface area contributed by atoms with Gasteiger partial charge in [-0.15, -0.1) is 0 Å². The molecule has 0 radical (unpaired) electrons. The van der Waals surface area contributed by atoms with Gasteiger partial charge in [0.15, 0.2) is 0 Å². The molecular formula is C10H13NO. The molecule has 12 heavy (non-hydrogen) atoms. The van der Waals surface area contributed by atoms with E-state index in [1.54, 1.807) is 0 Å². The molecule has 0 aliphatic carbocycles. The summed E-state index contributed by atoms with van der Waals surface area (Å²) in [5.74, 6) is 0. The third kappa shape index (κ3) is 4.42. The molecule has 0 fully saturated rings. The van der Waals surface area contributed by atoms with E-state index in [9.17, 15) is 0 Å². The molecular weight excluding hydrogens is 150 g/mol. The van der Waals surface area contributed by atoms with Gasteiger partial charge in [0.05, 0.1) is 0 Å². The minimum absolute atomic E-state index is 1.31. The highest BCUT2D eigenvalue weighted by Crippen LogP contribution is 2.02. The van der Waals surface area contributed by atoms with Crippen LogP contribution in [0, 0.1) is 13.8 Å². The van der Waals surface area contributed by atoms with E-state index in [-0.39, 0.29) is 0 Å². The van der Waals surface area contributed by atoms with Crippen LogP contribution >= 0.6 is 0 Å². The molecule has 1 rings (SSSR count). The fraction of sp³-hybridized carbons (Fsp3) is 0.300. The second-order valence-corrected chi connectivity index (χ2v) is 2.40. The lowest BCUT2D eigenvalue weighted by Crippen LogP contribution is -1.74. The van der Waals surface area contributed by atoms with Gasteiger partial charge in [-0.25, -0.2) is 9.79 Å². The Balaban J connectivity index is 0.000000261. The van der Waals surface area contributed by atoms with Gasteiger partial charge in [-0.3, -0.25) is 0 Å². The molecule has 0 unspecified atom stereocenters. The number of benzene rings is 1. The molecule has 0 saturated carbocycles. The van der Waals surface area contributed by atoms with Crippen LogP contribution in [0.15, 0.2) is 29.3 Å². The van der Waals surface area contributed by atoms with Crippen molar-refractivity contribution in [3.05, 3.63) is 35.4 Å². The molecule has 2 heteroatoms. The van der Waals surface area contributed by atoms with Crippen molar-refractivity contribution in [2.75, 3.05) is 7.05 Å². The zero-order valence-electron chi connectivity index (χ0n) is 7.66. The van der Waals surface area contributed by atoms with Crippen LogP contribution in [0.5, 0.6) is 0 Å². The lowest BCUT2D eigenvalue weighted by atomic mass is 10.1. The normalized spacial score (nSPS) is 7.58. The molecule has 0 saturated heterocycles. The highest BCUT2D eigenvalue weighted by molar-refractivity contribution is 5.32. The second kappa shape index (κ2) is 6.32. The molecule has 0 aliphatic rings. The Morgan fingerprint density at radius 1 is 1.17 bits per heavy atom. The van der Waals surface area contributed by atoms with Crippen LogP contribution in [0.4, 0.5) is 0 Å².